The van der Waals surface area contributed by atoms with Gasteiger partial charge in [0.05, 0.1) is 12.0 Å². The number of benzene rings is 2. The summed E-state index contributed by atoms with van der Waals surface area (Å²) < 4.78 is 39.0. The highest BCUT2D eigenvalue weighted by Gasteiger charge is 2.20. The molecule has 0 radical (unpaired) electrons. The van der Waals surface area contributed by atoms with E-state index in [0.29, 0.717) is 11.3 Å². The molecule has 0 bridgehead atoms. The molecule has 0 saturated heterocycles. The average Bonchev–Trinajstić information content (AvgIpc) is 2.59. The van der Waals surface area contributed by atoms with Crippen LogP contribution in [0.25, 0.3) is 0 Å². The molecule has 5 nitrogen and oxygen atoms in total. The Morgan fingerprint density at radius 1 is 1.04 bits per heavy atom. The molecular weight excluding hydrogens is 350 g/mol. The van der Waals surface area contributed by atoms with E-state index >= 15 is 0 Å². The predicted molar refractivity (Wildman–Crippen MR) is 104 cm³/mol. The third kappa shape index (κ3) is 4.77. The molecular formula is C20H27NO4S. The lowest BCUT2D eigenvalue weighted by Crippen LogP contribution is -2.29. The Hall–Kier alpha value is -2.05. The molecule has 0 atom stereocenters. The maximum absolute atomic E-state index is 12.7. The number of sulfonamides is 1. The van der Waals surface area contributed by atoms with E-state index in [1.165, 1.54) is 0 Å². The van der Waals surface area contributed by atoms with Crippen molar-refractivity contribution in [1.29, 1.82) is 0 Å². The Labute approximate surface area is 156 Å². The van der Waals surface area contributed by atoms with Gasteiger partial charge in [0, 0.05) is 6.54 Å². The van der Waals surface area contributed by atoms with Crippen molar-refractivity contribution in [3.8, 4) is 11.5 Å². The summed E-state index contributed by atoms with van der Waals surface area (Å²) in [5.74, 6) is 1.62. The van der Waals surface area contributed by atoms with Gasteiger partial charge in [0.1, 0.15) is 18.1 Å². The number of nitrogens with one attached hydrogen (secondary N) is 1. The first-order valence-electron chi connectivity index (χ1n) is 8.63. The second-order valence-electron chi connectivity index (χ2n) is 6.53. The van der Waals surface area contributed by atoms with Crippen molar-refractivity contribution in [1.82, 2.24) is 4.72 Å². The van der Waals surface area contributed by atoms with Crippen LogP contribution in [0.1, 0.15) is 36.5 Å². The number of ether oxygens (including phenoxy) is 2. The van der Waals surface area contributed by atoms with Crippen LogP contribution in [-0.2, 0) is 10.0 Å². The molecule has 0 heterocycles. The molecule has 0 saturated carbocycles. The maximum Gasteiger partial charge on any atom is 0.240 e. The highest BCUT2D eigenvalue weighted by atomic mass is 32.2. The molecule has 1 N–H and O–H groups in total. The minimum atomic E-state index is -3.62. The molecule has 0 spiro atoms. The number of aryl methyl sites for hydroxylation is 2. The van der Waals surface area contributed by atoms with E-state index < -0.39 is 10.0 Å². The van der Waals surface area contributed by atoms with E-state index in [0.717, 1.165) is 16.9 Å². The summed E-state index contributed by atoms with van der Waals surface area (Å²) >= 11 is 0. The third-order valence-corrected chi connectivity index (χ3v) is 5.79. The second-order valence-corrected chi connectivity index (χ2v) is 8.26. The van der Waals surface area contributed by atoms with Crippen LogP contribution in [-0.4, -0.2) is 28.7 Å². The van der Waals surface area contributed by atoms with Crippen LogP contribution in [0.15, 0.2) is 41.3 Å². The second kappa shape index (κ2) is 8.56. The summed E-state index contributed by atoms with van der Waals surface area (Å²) in [6.07, 6.45) is 0. The average molecular weight is 378 g/mol. The highest BCUT2D eigenvalue weighted by molar-refractivity contribution is 7.89. The molecule has 2 aromatic carbocycles. The Kier molecular flexibility index (Phi) is 6.67. The van der Waals surface area contributed by atoms with Gasteiger partial charge in [-0.25, -0.2) is 13.1 Å². The minimum Gasteiger partial charge on any atom is -0.496 e. The van der Waals surface area contributed by atoms with Crippen LogP contribution < -0.4 is 14.2 Å². The quantitative estimate of drug-likeness (QED) is 0.711. The number of methoxy groups -OCH3 is 1. The van der Waals surface area contributed by atoms with Gasteiger partial charge in [-0.05, 0) is 54.7 Å². The molecule has 142 valence electrons. The summed E-state index contributed by atoms with van der Waals surface area (Å²) in [6, 6.07) is 11.1. The molecule has 0 aliphatic carbocycles. The standard InChI is InChI=1S/C20H27NO4S/c1-14(2)17-13-20(16(4)12-19(17)24-5)26(22,23)21-10-11-25-18-9-7-6-8-15(18)3/h6-9,12-14,21H,10-11H2,1-5H3. The Morgan fingerprint density at radius 2 is 1.73 bits per heavy atom. The third-order valence-electron chi connectivity index (χ3n) is 4.18. The van der Waals surface area contributed by atoms with E-state index in [2.05, 4.69) is 4.72 Å². The lowest BCUT2D eigenvalue weighted by molar-refractivity contribution is 0.320. The van der Waals surface area contributed by atoms with Gasteiger partial charge in [0.2, 0.25) is 10.0 Å². The van der Waals surface area contributed by atoms with Gasteiger partial charge in [-0.15, -0.1) is 0 Å². The van der Waals surface area contributed by atoms with Crippen molar-refractivity contribution in [3.63, 3.8) is 0 Å². The summed E-state index contributed by atoms with van der Waals surface area (Å²) in [7, 11) is -2.03. The van der Waals surface area contributed by atoms with Crippen molar-refractivity contribution in [2.45, 2.75) is 38.5 Å². The lowest BCUT2D eigenvalue weighted by atomic mass is 10.0. The first-order chi connectivity index (χ1) is 12.3. The maximum atomic E-state index is 12.7. The van der Waals surface area contributed by atoms with Crippen molar-refractivity contribution < 1.29 is 17.9 Å². The summed E-state index contributed by atoms with van der Waals surface area (Å²) in [4.78, 5) is 0.276. The van der Waals surface area contributed by atoms with Gasteiger partial charge in [-0.2, -0.15) is 0 Å². The van der Waals surface area contributed by atoms with E-state index in [4.69, 9.17) is 9.47 Å². The molecule has 0 fully saturated rings. The van der Waals surface area contributed by atoms with Crippen LogP contribution in [0.4, 0.5) is 0 Å². The normalized spacial score (nSPS) is 11.6. The fraction of sp³-hybridized carbons (Fsp3) is 0.400. The number of rotatable bonds is 8. The summed E-state index contributed by atoms with van der Waals surface area (Å²) in [5.41, 5.74) is 2.54. The van der Waals surface area contributed by atoms with Gasteiger partial charge < -0.3 is 9.47 Å². The molecule has 0 amide bonds. The first kappa shape index (κ1) is 20.3. The number of hydrogen-bond acceptors (Lipinski definition) is 4. The van der Waals surface area contributed by atoms with Crippen molar-refractivity contribution >= 4 is 10.0 Å². The summed E-state index contributed by atoms with van der Waals surface area (Å²) in [6.45, 7) is 8.19. The smallest absolute Gasteiger partial charge is 0.240 e. The van der Waals surface area contributed by atoms with E-state index in [1.807, 2.05) is 45.0 Å². The van der Waals surface area contributed by atoms with Crippen LogP contribution >= 0.6 is 0 Å². The molecule has 2 rings (SSSR count). The monoisotopic (exact) mass is 377 g/mol. The zero-order chi connectivity index (χ0) is 19.3. The zero-order valence-electron chi connectivity index (χ0n) is 16.0. The molecule has 0 aliphatic rings. The lowest BCUT2D eigenvalue weighted by Gasteiger charge is -2.17. The Balaban J connectivity index is 2.10. The van der Waals surface area contributed by atoms with E-state index in [1.54, 1.807) is 26.2 Å². The largest absolute Gasteiger partial charge is 0.496 e. The number of para-hydroxylation sites is 1. The molecule has 0 unspecified atom stereocenters. The molecule has 2 aromatic rings. The van der Waals surface area contributed by atoms with Gasteiger partial charge in [0.15, 0.2) is 0 Å². The molecule has 6 heteroatoms. The molecule has 26 heavy (non-hydrogen) atoms. The van der Waals surface area contributed by atoms with Crippen molar-refractivity contribution in [2.75, 3.05) is 20.3 Å². The fourth-order valence-electron chi connectivity index (χ4n) is 2.73. The van der Waals surface area contributed by atoms with Gasteiger partial charge >= 0.3 is 0 Å². The molecule has 0 aliphatic heterocycles. The van der Waals surface area contributed by atoms with Crippen molar-refractivity contribution in [3.05, 3.63) is 53.1 Å². The van der Waals surface area contributed by atoms with Gasteiger partial charge in [-0.3, -0.25) is 0 Å². The Bertz CT molecular complexity index is 860. The van der Waals surface area contributed by atoms with Crippen LogP contribution in [0.3, 0.4) is 0 Å². The highest BCUT2D eigenvalue weighted by Crippen LogP contribution is 2.31. The minimum absolute atomic E-state index is 0.156. The predicted octanol–water partition coefficient (Wildman–Crippen LogP) is 3.79. The van der Waals surface area contributed by atoms with Crippen LogP contribution in [0, 0.1) is 13.8 Å². The number of hydrogen-bond donors (Lipinski definition) is 1. The van der Waals surface area contributed by atoms with Crippen LogP contribution in [0.5, 0.6) is 11.5 Å². The zero-order valence-corrected chi connectivity index (χ0v) is 16.8. The first-order valence-corrected chi connectivity index (χ1v) is 10.1. The van der Waals surface area contributed by atoms with E-state index in [9.17, 15) is 8.42 Å². The topological polar surface area (TPSA) is 64.6 Å². The summed E-state index contributed by atoms with van der Waals surface area (Å²) in [5, 5.41) is 0. The Morgan fingerprint density at radius 3 is 2.35 bits per heavy atom. The van der Waals surface area contributed by atoms with Gasteiger partial charge in [0.25, 0.3) is 0 Å². The fourth-order valence-corrected chi connectivity index (χ4v) is 4.00. The van der Waals surface area contributed by atoms with Crippen molar-refractivity contribution in [2.24, 2.45) is 0 Å². The van der Waals surface area contributed by atoms with Gasteiger partial charge in [-0.1, -0.05) is 32.0 Å². The van der Waals surface area contributed by atoms with E-state index in [-0.39, 0.29) is 24.0 Å². The van der Waals surface area contributed by atoms with Crippen LogP contribution in [0.2, 0.25) is 0 Å². The molecule has 0 aromatic heterocycles. The SMILES string of the molecule is COc1cc(C)c(S(=O)(=O)NCCOc2ccccc2C)cc1C(C)C.